The molecule has 0 heterocycles. The van der Waals surface area contributed by atoms with Gasteiger partial charge in [-0.1, -0.05) is 6.07 Å². The smallest absolute Gasteiger partial charge is 0.279 e. The lowest BCUT2D eigenvalue weighted by molar-refractivity contribution is 0.467. The summed E-state index contributed by atoms with van der Waals surface area (Å²) in [5.41, 5.74) is 0.618. The second kappa shape index (κ2) is 3.85. The fourth-order valence-corrected chi connectivity index (χ4v) is 2.51. The molecule has 6 nitrogen and oxygen atoms in total. The largest absolute Gasteiger partial charge is 0.508 e. The number of rotatable bonds is 3. The standard InChI is InChI=1S/C8H10N2O4S/c1-5-3-4-7(11)6(2)8(5)15(13,14)10-9-12/h3-4,11H,1-2H3,(H,10,12). The van der Waals surface area contributed by atoms with Gasteiger partial charge in [0.15, 0.2) is 0 Å². The van der Waals surface area contributed by atoms with E-state index in [4.69, 9.17) is 0 Å². The van der Waals surface area contributed by atoms with Gasteiger partial charge in [-0.05, 0) is 25.5 Å². The van der Waals surface area contributed by atoms with Crippen LogP contribution < -0.4 is 4.83 Å². The molecule has 82 valence electrons. The predicted octanol–water partition coefficient (Wildman–Crippen LogP) is 0.969. The number of nitroso groups, excluding NO2 is 1. The zero-order valence-electron chi connectivity index (χ0n) is 8.18. The van der Waals surface area contributed by atoms with E-state index in [0.29, 0.717) is 5.56 Å². The zero-order chi connectivity index (χ0) is 11.6. The molecule has 7 heteroatoms. The number of sulfonamides is 1. The molecule has 0 aliphatic carbocycles. The highest BCUT2D eigenvalue weighted by Crippen LogP contribution is 2.26. The third kappa shape index (κ3) is 2.07. The van der Waals surface area contributed by atoms with Gasteiger partial charge >= 0.3 is 0 Å². The van der Waals surface area contributed by atoms with Gasteiger partial charge in [-0.25, -0.2) is 0 Å². The van der Waals surface area contributed by atoms with E-state index in [1.807, 2.05) is 0 Å². The molecule has 0 aliphatic heterocycles. The van der Waals surface area contributed by atoms with Gasteiger partial charge in [-0.2, -0.15) is 13.2 Å². The minimum atomic E-state index is -3.98. The Labute approximate surface area is 86.9 Å². The molecular weight excluding hydrogens is 220 g/mol. The molecule has 0 spiro atoms. The maximum absolute atomic E-state index is 11.5. The summed E-state index contributed by atoms with van der Waals surface area (Å²) in [6.45, 7) is 3.01. The number of aryl methyl sites for hydroxylation is 1. The number of phenols is 1. The number of hydrogen-bond donors (Lipinski definition) is 2. The summed E-state index contributed by atoms with van der Waals surface area (Å²) in [5, 5.41) is 11.5. The van der Waals surface area contributed by atoms with Crippen LogP contribution in [0.15, 0.2) is 22.3 Å². The molecule has 0 bridgehead atoms. The summed E-state index contributed by atoms with van der Waals surface area (Å²) in [5.74, 6) is -0.146. The fourth-order valence-electron chi connectivity index (χ4n) is 1.32. The van der Waals surface area contributed by atoms with Crippen molar-refractivity contribution in [1.29, 1.82) is 0 Å². The molecule has 1 rings (SSSR count). The molecule has 1 aromatic carbocycles. The molecule has 0 aromatic heterocycles. The van der Waals surface area contributed by atoms with E-state index in [1.165, 1.54) is 23.9 Å². The van der Waals surface area contributed by atoms with Gasteiger partial charge < -0.3 is 5.11 Å². The van der Waals surface area contributed by atoms with Crippen molar-refractivity contribution in [3.8, 4) is 5.75 Å². The second-order valence-corrected chi connectivity index (χ2v) is 4.64. The highest BCUT2D eigenvalue weighted by Gasteiger charge is 2.21. The lowest BCUT2D eigenvalue weighted by atomic mass is 10.1. The van der Waals surface area contributed by atoms with Crippen molar-refractivity contribution in [2.45, 2.75) is 18.7 Å². The van der Waals surface area contributed by atoms with Gasteiger partial charge in [0.25, 0.3) is 10.0 Å². The van der Waals surface area contributed by atoms with Crippen molar-refractivity contribution in [2.24, 2.45) is 5.29 Å². The van der Waals surface area contributed by atoms with E-state index >= 15 is 0 Å². The Bertz CT molecular complexity index is 496. The Morgan fingerprint density at radius 3 is 2.47 bits per heavy atom. The van der Waals surface area contributed by atoms with Crippen molar-refractivity contribution in [3.63, 3.8) is 0 Å². The van der Waals surface area contributed by atoms with Gasteiger partial charge in [0.2, 0.25) is 0 Å². The molecule has 0 saturated carbocycles. The van der Waals surface area contributed by atoms with Gasteiger partial charge in [-0.3, -0.25) is 0 Å². The number of nitrogens with one attached hydrogen (secondary N) is 1. The summed E-state index contributed by atoms with van der Waals surface area (Å²) < 4.78 is 23.0. The number of phenolic OH excluding ortho intramolecular Hbond substituents is 1. The summed E-state index contributed by atoms with van der Waals surface area (Å²) in [6.07, 6.45) is 0. The summed E-state index contributed by atoms with van der Waals surface area (Å²) in [7, 11) is -3.98. The zero-order valence-corrected chi connectivity index (χ0v) is 9.00. The number of aromatic hydroxyl groups is 1. The van der Waals surface area contributed by atoms with Gasteiger partial charge in [-0.15, -0.1) is 4.91 Å². The first-order chi connectivity index (χ1) is 6.90. The molecule has 0 radical (unpaired) electrons. The average Bonchev–Trinajstić information content (AvgIpc) is 2.11. The second-order valence-electron chi connectivity index (χ2n) is 3.04. The Morgan fingerprint density at radius 2 is 1.93 bits per heavy atom. The Hall–Kier alpha value is -1.63. The maximum Gasteiger partial charge on any atom is 0.279 e. The molecular formula is C8H10N2O4S. The number of hydrogen-bond acceptors (Lipinski definition) is 5. The third-order valence-corrected chi connectivity index (χ3v) is 3.48. The molecule has 0 fully saturated rings. The first kappa shape index (κ1) is 11.4. The molecule has 0 aliphatic rings. The first-order valence-electron chi connectivity index (χ1n) is 4.03. The molecule has 0 saturated heterocycles. The van der Waals surface area contributed by atoms with Crippen LogP contribution >= 0.6 is 0 Å². The van der Waals surface area contributed by atoms with Crippen LogP contribution in [0.4, 0.5) is 0 Å². The molecule has 0 amide bonds. The quantitative estimate of drug-likeness (QED) is 0.597. The SMILES string of the molecule is Cc1ccc(O)c(C)c1S(=O)(=O)NN=O. The van der Waals surface area contributed by atoms with Gasteiger partial charge in [0, 0.05) is 5.56 Å². The van der Waals surface area contributed by atoms with Crippen LogP contribution in [0.3, 0.4) is 0 Å². The number of benzene rings is 1. The minimum Gasteiger partial charge on any atom is -0.508 e. The van der Waals surface area contributed by atoms with Crippen molar-refractivity contribution in [1.82, 2.24) is 4.83 Å². The third-order valence-electron chi connectivity index (χ3n) is 2.00. The van der Waals surface area contributed by atoms with Crippen molar-refractivity contribution in [3.05, 3.63) is 28.2 Å². The monoisotopic (exact) mass is 230 g/mol. The van der Waals surface area contributed by atoms with Crippen molar-refractivity contribution >= 4 is 10.0 Å². The molecule has 15 heavy (non-hydrogen) atoms. The van der Waals surface area contributed by atoms with Crippen LogP contribution in [-0.4, -0.2) is 13.5 Å². The number of nitrogens with zero attached hydrogens (tertiary/aromatic N) is 1. The Morgan fingerprint density at radius 1 is 1.33 bits per heavy atom. The lowest BCUT2D eigenvalue weighted by Crippen LogP contribution is -2.19. The van der Waals surface area contributed by atoms with Crippen LogP contribution in [0.2, 0.25) is 0 Å². The van der Waals surface area contributed by atoms with Gasteiger partial charge in [0.05, 0.1) is 10.2 Å². The van der Waals surface area contributed by atoms with E-state index in [0.717, 1.165) is 0 Å². The van der Waals surface area contributed by atoms with Crippen LogP contribution in [0.1, 0.15) is 11.1 Å². The Kier molecular flexibility index (Phi) is 2.94. The van der Waals surface area contributed by atoms with Crippen LogP contribution in [-0.2, 0) is 10.0 Å². The van der Waals surface area contributed by atoms with E-state index in [1.54, 1.807) is 6.92 Å². The van der Waals surface area contributed by atoms with Crippen LogP contribution in [0, 0.1) is 18.8 Å². The average molecular weight is 230 g/mol. The van der Waals surface area contributed by atoms with Crippen LogP contribution in [0.25, 0.3) is 0 Å². The fraction of sp³-hybridized carbons (Fsp3) is 0.250. The van der Waals surface area contributed by atoms with Crippen molar-refractivity contribution < 1.29 is 13.5 Å². The van der Waals surface area contributed by atoms with Gasteiger partial charge in [0.1, 0.15) is 5.75 Å². The Balaban J connectivity index is 3.50. The summed E-state index contributed by atoms with van der Waals surface area (Å²) in [4.78, 5) is 11.3. The van der Waals surface area contributed by atoms with Crippen LogP contribution in [0.5, 0.6) is 5.75 Å². The minimum absolute atomic E-state index is 0.123. The maximum atomic E-state index is 11.5. The summed E-state index contributed by atoms with van der Waals surface area (Å²) >= 11 is 0. The molecule has 0 atom stereocenters. The van der Waals surface area contributed by atoms with E-state index in [2.05, 4.69) is 5.29 Å². The molecule has 2 N–H and O–H groups in total. The highest BCUT2D eigenvalue weighted by atomic mass is 32.2. The molecule has 0 unspecified atom stereocenters. The van der Waals surface area contributed by atoms with Crippen molar-refractivity contribution in [2.75, 3.05) is 0 Å². The van der Waals surface area contributed by atoms with E-state index in [9.17, 15) is 18.4 Å². The van der Waals surface area contributed by atoms with E-state index in [-0.39, 0.29) is 16.2 Å². The highest BCUT2D eigenvalue weighted by molar-refractivity contribution is 7.89. The topological polar surface area (TPSA) is 95.8 Å². The lowest BCUT2D eigenvalue weighted by Gasteiger charge is -2.09. The predicted molar refractivity (Wildman–Crippen MR) is 53.7 cm³/mol. The van der Waals surface area contributed by atoms with E-state index < -0.39 is 10.0 Å². The normalized spacial score (nSPS) is 11.1. The summed E-state index contributed by atoms with van der Waals surface area (Å²) in [6, 6.07) is 2.83. The first-order valence-corrected chi connectivity index (χ1v) is 5.52. The molecule has 1 aromatic rings.